The first-order chi connectivity index (χ1) is 12.7. The number of fused-ring (bicyclic) bond motifs is 1. The fraction of sp³-hybridized carbons (Fsp3) is 0.524. The second-order valence-corrected chi connectivity index (χ2v) is 7.58. The van der Waals surface area contributed by atoms with Crippen molar-refractivity contribution < 1.29 is 9.53 Å². The van der Waals surface area contributed by atoms with Gasteiger partial charge in [0, 0.05) is 37.3 Å². The molecule has 1 amide bonds. The number of carbonyl (C=O) groups is 1. The fourth-order valence-corrected chi connectivity index (χ4v) is 4.35. The van der Waals surface area contributed by atoms with Crippen molar-refractivity contribution in [3.05, 3.63) is 48.3 Å². The number of aryl methyl sites for hydroxylation is 1. The van der Waals surface area contributed by atoms with Gasteiger partial charge in [0.15, 0.2) is 0 Å². The molecule has 1 atom stereocenters. The van der Waals surface area contributed by atoms with Crippen molar-refractivity contribution in [3.63, 3.8) is 0 Å². The molecule has 0 saturated heterocycles. The molecule has 0 bridgehead atoms. The van der Waals surface area contributed by atoms with Crippen molar-refractivity contribution >= 4 is 5.91 Å². The predicted molar refractivity (Wildman–Crippen MR) is 99.8 cm³/mol. The van der Waals surface area contributed by atoms with E-state index in [4.69, 9.17) is 4.74 Å². The molecule has 1 fully saturated rings. The third-order valence-electron chi connectivity index (χ3n) is 5.65. The number of aromatic nitrogens is 2. The van der Waals surface area contributed by atoms with E-state index in [1.165, 1.54) is 19.3 Å². The number of carbonyl (C=O) groups excluding carboxylic acids is 1. The van der Waals surface area contributed by atoms with Crippen LogP contribution in [0.5, 0.6) is 5.75 Å². The second-order valence-electron chi connectivity index (χ2n) is 7.58. The molecule has 26 heavy (non-hydrogen) atoms. The molecular formula is C21H27N3O2. The van der Waals surface area contributed by atoms with Crippen LogP contribution in [0.4, 0.5) is 0 Å². The topological polar surface area (TPSA) is 56.2 Å². The van der Waals surface area contributed by atoms with E-state index in [1.807, 2.05) is 35.1 Å². The molecule has 2 aromatic rings. The first kappa shape index (κ1) is 17.1. The highest BCUT2D eigenvalue weighted by Crippen LogP contribution is 2.46. The van der Waals surface area contributed by atoms with Crippen LogP contribution in [0.15, 0.2) is 42.7 Å². The van der Waals surface area contributed by atoms with Crippen LogP contribution in [0.2, 0.25) is 0 Å². The lowest BCUT2D eigenvalue weighted by Crippen LogP contribution is -2.46. The first-order valence-electron chi connectivity index (χ1n) is 9.79. The van der Waals surface area contributed by atoms with Crippen LogP contribution >= 0.6 is 0 Å². The van der Waals surface area contributed by atoms with Gasteiger partial charge in [-0.05, 0) is 44.2 Å². The summed E-state index contributed by atoms with van der Waals surface area (Å²) in [7, 11) is 0. The SMILES string of the molecule is O=C(CCCn1cccn1)NC1CC2(CCCCC2)Oc2ccccc21. The van der Waals surface area contributed by atoms with Crippen LogP contribution in [-0.2, 0) is 11.3 Å². The van der Waals surface area contributed by atoms with Crippen LogP contribution in [0.25, 0.3) is 0 Å². The summed E-state index contributed by atoms with van der Waals surface area (Å²) in [5.41, 5.74) is 1.02. The lowest BCUT2D eigenvalue weighted by Gasteiger charge is -2.44. The van der Waals surface area contributed by atoms with Gasteiger partial charge in [0.2, 0.25) is 5.91 Å². The van der Waals surface area contributed by atoms with E-state index in [2.05, 4.69) is 16.5 Å². The molecule has 0 radical (unpaired) electrons. The summed E-state index contributed by atoms with van der Waals surface area (Å²) in [5, 5.41) is 7.46. The van der Waals surface area contributed by atoms with Gasteiger partial charge < -0.3 is 10.1 Å². The summed E-state index contributed by atoms with van der Waals surface area (Å²) in [5.74, 6) is 1.06. The highest BCUT2D eigenvalue weighted by molar-refractivity contribution is 5.76. The highest BCUT2D eigenvalue weighted by Gasteiger charge is 2.42. The monoisotopic (exact) mass is 353 g/mol. The van der Waals surface area contributed by atoms with Crippen molar-refractivity contribution in [2.45, 2.75) is 69.6 Å². The maximum atomic E-state index is 12.5. The average Bonchev–Trinajstić information content (AvgIpc) is 3.16. The Morgan fingerprint density at radius 2 is 2.08 bits per heavy atom. The number of benzene rings is 1. The lowest BCUT2D eigenvalue weighted by molar-refractivity contribution is -0.122. The van der Waals surface area contributed by atoms with Crippen LogP contribution in [-0.4, -0.2) is 21.3 Å². The summed E-state index contributed by atoms with van der Waals surface area (Å²) in [4.78, 5) is 12.5. The molecule has 138 valence electrons. The molecule has 1 aliphatic carbocycles. The molecule has 1 aromatic heterocycles. The Morgan fingerprint density at radius 1 is 1.23 bits per heavy atom. The predicted octanol–water partition coefficient (Wildman–Crippen LogP) is 4.01. The van der Waals surface area contributed by atoms with Gasteiger partial charge in [-0.3, -0.25) is 9.48 Å². The van der Waals surface area contributed by atoms with Crippen molar-refractivity contribution in [1.29, 1.82) is 0 Å². The quantitative estimate of drug-likeness (QED) is 0.884. The molecule has 5 heteroatoms. The van der Waals surface area contributed by atoms with Gasteiger partial charge >= 0.3 is 0 Å². The van der Waals surface area contributed by atoms with E-state index >= 15 is 0 Å². The molecule has 4 rings (SSSR count). The van der Waals surface area contributed by atoms with Crippen LogP contribution < -0.4 is 10.1 Å². The van der Waals surface area contributed by atoms with Crippen molar-refractivity contribution in [2.75, 3.05) is 0 Å². The molecule has 5 nitrogen and oxygen atoms in total. The van der Waals surface area contributed by atoms with E-state index in [-0.39, 0.29) is 17.6 Å². The minimum atomic E-state index is -0.0976. The molecule has 1 spiro atoms. The zero-order chi connectivity index (χ0) is 17.8. The van der Waals surface area contributed by atoms with Crippen molar-refractivity contribution in [2.24, 2.45) is 0 Å². The van der Waals surface area contributed by atoms with Crippen molar-refractivity contribution in [3.8, 4) is 5.75 Å². The molecule has 1 N–H and O–H groups in total. The normalized spacial score (nSPS) is 21.0. The summed E-state index contributed by atoms with van der Waals surface area (Å²) < 4.78 is 8.31. The van der Waals surface area contributed by atoms with E-state index in [1.54, 1.807) is 6.20 Å². The second kappa shape index (κ2) is 7.52. The van der Waals surface area contributed by atoms with Gasteiger partial charge in [-0.15, -0.1) is 0 Å². The van der Waals surface area contributed by atoms with Crippen molar-refractivity contribution in [1.82, 2.24) is 15.1 Å². The Balaban J connectivity index is 1.41. The molecule has 1 unspecified atom stereocenters. The number of nitrogens with one attached hydrogen (secondary N) is 1. The zero-order valence-corrected chi connectivity index (χ0v) is 15.2. The Morgan fingerprint density at radius 3 is 2.88 bits per heavy atom. The number of nitrogens with zero attached hydrogens (tertiary/aromatic N) is 2. The number of rotatable bonds is 5. The number of ether oxygens (including phenoxy) is 1. The van der Waals surface area contributed by atoms with Crippen LogP contribution in [0.1, 0.15) is 63.0 Å². The summed E-state index contributed by atoms with van der Waals surface area (Å²) in [6.45, 7) is 0.773. The minimum Gasteiger partial charge on any atom is -0.487 e. The third-order valence-corrected chi connectivity index (χ3v) is 5.65. The van der Waals surface area contributed by atoms with E-state index in [9.17, 15) is 4.79 Å². The van der Waals surface area contributed by atoms with Gasteiger partial charge in [0.25, 0.3) is 0 Å². The third kappa shape index (κ3) is 3.76. The summed E-state index contributed by atoms with van der Waals surface area (Å²) >= 11 is 0. The van der Waals surface area contributed by atoms with Crippen LogP contribution in [0.3, 0.4) is 0 Å². The Hall–Kier alpha value is -2.30. The largest absolute Gasteiger partial charge is 0.487 e. The van der Waals surface area contributed by atoms with Gasteiger partial charge in [-0.2, -0.15) is 5.10 Å². The zero-order valence-electron chi connectivity index (χ0n) is 15.2. The van der Waals surface area contributed by atoms with Gasteiger partial charge in [-0.1, -0.05) is 24.6 Å². The summed E-state index contributed by atoms with van der Waals surface area (Å²) in [6.07, 6.45) is 11.8. The maximum Gasteiger partial charge on any atom is 0.220 e. The van der Waals surface area contributed by atoms with Gasteiger partial charge in [-0.25, -0.2) is 0 Å². The minimum absolute atomic E-state index is 0.0512. The van der Waals surface area contributed by atoms with E-state index < -0.39 is 0 Å². The molecule has 2 heterocycles. The van der Waals surface area contributed by atoms with Gasteiger partial charge in [0.1, 0.15) is 11.4 Å². The maximum absolute atomic E-state index is 12.5. The van der Waals surface area contributed by atoms with E-state index in [0.717, 1.165) is 43.5 Å². The molecule has 1 aliphatic heterocycles. The molecule has 1 saturated carbocycles. The first-order valence-corrected chi connectivity index (χ1v) is 9.79. The molecule has 1 aromatic carbocycles. The Labute approximate surface area is 154 Å². The number of para-hydroxylation sites is 1. The van der Waals surface area contributed by atoms with Crippen LogP contribution in [0, 0.1) is 0 Å². The standard InChI is InChI=1S/C21H27N3O2/c25-20(10-6-14-24-15-7-13-22-24)23-18-16-21(11-4-1-5-12-21)26-19-9-3-2-8-17(18)19/h2-3,7-9,13,15,18H,1,4-6,10-12,14,16H2,(H,23,25). The smallest absolute Gasteiger partial charge is 0.220 e. The number of hydrogen-bond acceptors (Lipinski definition) is 3. The highest BCUT2D eigenvalue weighted by atomic mass is 16.5. The number of hydrogen-bond donors (Lipinski definition) is 1. The van der Waals surface area contributed by atoms with Gasteiger partial charge in [0.05, 0.1) is 6.04 Å². The van der Waals surface area contributed by atoms with E-state index in [0.29, 0.717) is 6.42 Å². The molecule has 2 aliphatic rings. The fourth-order valence-electron chi connectivity index (χ4n) is 4.35. The lowest BCUT2D eigenvalue weighted by atomic mass is 9.77. The number of amides is 1. The Bertz CT molecular complexity index is 735. The molecular weight excluding hydrogens is 326 g/mol. The average molecular weight is 353 g/mol. The Kier molecular flexibility index (Phi) is 4.96. The summed E-state index contributed by atoms with van der Waals surface area (Å²) in [6, 6.07) is 10.1.